The van der Waals surface area contributed by atoms with Crippen molar-refractivity contribution in [3.8, 4) is 6.07 Å². The maximum Gasteiger partial charge on any atom is 0.346 e. The molecular formula is C5H2Cl3NO2. The Labute approximate surface area is 77.8 Å². The highest BCUT2D eigenvalue weighted by atomic mass is 35.6. The first-order chi connectivity index (χ1) is 4.87. The molecule has 0 bridgehead atoms. The fourth-order valence-electron chi connectivity index (χ4n) is 0.305. The second-order valence-electron chi connectivity index (χ2n) is 1.52. The van der Waals surface area contributed by atoms with Crippen molar-refractivity contribution in [2.24, 2.45) is 0 Å². The Bertz CT molecular complexity index is 235. The molecule has 0 radical (unpaired) electrons. The quantitative estimate of drug-likeness (QED) is 0.412. The number of aliphatic carboxylic acids is 1. The van der Waals surface area contributed by atoms with Crippen LogP contribution < -0.4 is 0 Å². The zero-order valence-electron chi connectivity index (χ0n) is 5.01. The fourth-order valence-corrected chi connectivity index (χ4v) is 0.633. The average Bonchev–Trinajstić information content (AvgIpc) is 1.80. The van der Waals surface area contributed by atoms with E-state index in [4.69, 9.17) is 45.2 Å². The molecule has 0 aliphatic carbocycles. The molecule has 0 aromatic heterocycles. The first-order valence-corrected chi connectivity index (χ1v) is 3.43. The van der Waals surface area contributed by atoms with E-state index in [1.54, 1.807) is 0 Å². The first kappa shape index (κ1) is 10.6. The second-order valence-corrected chi connectivity index (χ2v) is 3.89. The molecule has 0 spiro atoms. The summed E-state index contributed by atoms with van der Waals surface area (Å²) in [7, 11) is 0. The Morgan fingerprint density at radius 3 is 2.09 bits per heavy atom. The summed E-state index contributed by atoms with van der Waals surface area (Å²) in [5, 5.41) is 16.5. The number of hydrogen-bond donors (Lipinski definition) is 1. The third kappa shape index (κ3) is 4.91. The summed E-state index contributed by atoms with van der Waals surface area (Å²) in [4.78, 5) is 10.1. The van der Waals surface area contributed by atoms with Gasteiger partial charge in [-0.25, -0.2) is 4.79 Å². The normalized spacial score (nSPS) is 12.4. The number of allylic oxidation sites excluding steroid dienone is 1. The standard InChI is InChI=1S/C5H2Cl3NO2/c6-5(7,8)1-3(2-9)4(10)11/h1H,(H,10,11). The number of hydrogen-bond acceptors (Lipinski definition) is 2. The molecule has 0 heterocycles. The molecular weight excluding hydrogens is 212 g/mol. The van der Waals surface area contributed by atoms with Crippen LogP contribution in [0.25, 0.3) is 0 Å². The van der Waals surface area contributed by atoms with Crippen molar-refractivity contribution in [2.75, 3.05) is 0 Å². The third-order valence-electron chi connectivity index (χ3n) is 0.659. The van der Waals surface area contributed by atoms with Crippen molar-refractivity contribution < 1.29 is 9.90 Å². The summed E-state index contributed by atoms with van der Waals surface area (Å²) in [5.41, 5.74) is -0.593. The maximum atomic E-state index is 10.1. The predicted molar refractivity (Wildman–Crippen MR) is 41.6 cm³/mol. The van der Waals surface area contributed by atoms with Crippen molar-refractivity contribution >= 4 is 40.8 Å². The highest BCUT2D eigenvalue weighted by Gasteiger charge is 2.19. The number of nitrogens with zero attached hydrogens (tertiary/aromatic N) is 1. The molecule has 0 rings (SSSR count). The highest BCUT2D eigenvalue weighted by Crippen LogP contribution is 2.28. The van der Waals surface area contributed by atoms with Crippen LogP contribution in [0.1, 0.15) is 0 Å². The van der Waals surface area contributed by atoms with Crippen molar-refractivity contribution in [2.45, 2.75) is 3.79 Å². The minimum Gasteiger partial charge on any atom is -0.477 e. The van der Waals surface area contributed by atoms with Gasteiger partial charge in [0.1, 0.15) is 11.6 Å². The molecule has 0 saturated carbocycles. The van der Waals surface area contributed by atoms with Gasteiger partial charge >= 0.3 is 5.97 Å². The Balaban J connectivity index is 4.68. The second kappa shape index (κ2) is 3.82. The van der Waals surface area contributed by atoms with E-state index in [9.17, 15) is 4.79 Å². The third-order valence-corrected chi connectivity index (χ3v) is 0.986. The highest BCUT2D eigenvalue weighted by molar-refractivity contribution is 6.69. The van der Waals surface area contributed by atoms with E-state index in [0.29, 0.717) is 0 Å². The number of halogens is 3. The summed E-state index contributed by atoms with van der Waals surface area (Å²) in [6, 6.07) is 1.37. The molecule has 0 unspecified atom stereocenters. The van der Waals surface area contributed by atoms with Gasteiger partial charge in [-0.3, -0.25) is 0 Å². The van der Waals surface area contributed by atoms with Crippen LogP contribution in [0.15, 0.2) is 11.6 Å². The van der Waals surface area contributed by atoms with Crippen LogP contribution in [0.3, 0.4) is 0 Å². The first-order valence-electron chi connectivity index (χ1n) is 2.30. The molecule has 3 nitrogen and oxygen atoms in total. The Morgan fingerprint density at radius 2 is 2.00 bits per heavy atom. The topological polar surface area (TPSA) is 61.1 Å². The van der Waals surface area contributed by atoms with Crippen LogP contribution in [0.5, 0.6) is 0 Å². The Kier molecular flexibility index (Phi) is 3.67. The van der Waals surface area contributed by atoms with Crippen LogP contribution in [-0.2, 0) is 4.79 Å². The van der Waals surface area contributed by atoms with E-state index in [1.807, 2.05) is 0 Å². The van der Waals surface area contributed by atoms with Gasteiger partial charge in [0.15, 0.2) is 0 Å². The lowest BCUT2D eigenvalue weighted by Gasteiger charge is -2.01. The minimum atomic E-state index is -1.84. The van der Waals surface area contributed by atoms with Gasteiger partial charge in [-0.05, 0) is 6.08 Å². The maximum absolute atomic E-state index is 10.1. The molecule has 1 N–H and O–H groups in total. The predicted octanol–water partition coefficient (Wildman–Crippen LogP) is 1.89. The smallest absolute Gasteiger partial charge is 0.346 e. The van der Waals surface area contributed by atoms with Gasteiger partial charge < -0.3 is 5.11 Å². The molecule has 0 aromatic rings. The van der Waals surface area contributed by atoms with Gasteiger partial charge in [0.25, 0.3) is 0 Å². The zero-order valence-corrected chi connectivity index (χ0v) is 7.28. The molecule has 0 amide bonds. The van der Waals surface area contributed by atoms with Crippen LogP contribution in [0.4, 0.5) is 0 Å². The lowest BCUT2D eigenvalue weighted by molar-refractivity contribution is -0.132. The Morgan fingerprint density at radius 1 is 1.55 bits per heavy atom. The lowest BCUT2D eigenvalue weighted by atomic mass is 10.3. The van der Waals surface area contributed by atoms with Crippen LogP contribution in [0.2, 0.25) is 0 Å². The molecule has 0 aliphatic rings. The van der Waals surface area contributed by atoms with E-state index < -0.39 is 15.3 Å². The van der Waals surface area contributed by atoms with Crippen molar-refractivity contribution in [3.63, 3.8) is 0 Å². The molecule has 11 heavy (non-hydrogen) atoms. The van der Waals surface area contributed by atoms with Crippen LogP contribution >= 0.6 is 34.8 Å². The SMILES string of the molecule is N#CC(=CC(Cl)(Cl)Cl)C(=O)O. The number of alkyl halides is 3. The summed E-state index contributed by atoms with van der Waals surface area (Å²) in [5.74, 6) is -1.42. The molecule has 0 atom stereocenters. The van der Waals surface area contributed by atoms with Crippen LogP contribution in [-0.4, -0.2) is 14.9 Å². The fraction of sp³-hybridized carbons (Fsp3) is 0.200. The average molecular weight is 214 g/mol. The molecule has 0 fully saturated rings. The van der Waals surface area contributed by atoms with Gasteiger partial charge in [-0.1, -0.05) is 34.8 Å². The molecule has 0 aliphatic heterocycles. The monoisotopic (exact) mass is 213 g/mol. The Hall–Kier alpha value is -0.430. The number of rotatable bonds is 1. The molecule has 0 aromatic carbocycles. The van der Waals surface area contributed by atoms with E-state index in [2.05, 4.69) is 0 Å². The number of carbonyl (C=O) groups is 1. The van der Waals surface area contributed by atoms with Gasteiger partial charge in [-0.15, -0.1) is 0 Å². The van der Waals surface area contributed by atoms with Gasteiger partial charge in [0, 0.05) is 0 Å². The number of carboxylic acids is 1. The van der Waals surface area contributed by atoms with Crippen molar-refractivity contribution in [3.05, 3.63) is 11.6 Å². The van der Waals surface area contributed by atoms with E-state index in [-0.39, 0.29) is 0 Å². The molecule has 0 saturated heterocycles. The largest absolute Gasteiger partial charge is 0.477 e. The summed E-state index contributed by atoms with van der Waals surface area (Å²) < 4.78 is -1.84. The zero-order chi connectivity index (χ0) is 9.07. The van der Waals surface area contributed by atoms with Crippen molar-refractivity contribution in [1.82, 2.24) is 0 Å². The van der Waals surface area contributed by atoms with E-state index in [0.717, 1.165) is 6.08 Å². The van der Waals surface area contributed by atoms with E-state index in [1.165, 1.54) is 6.07 Å². The molecule has 60 valence electrons. The van der Waals surface area contributed by atoms with Crippen molar-refractivity contribution in [1.29, 1.82) is 5.26 Å². The minimum absolute atomic E-state index is 0.593. The lowest BCUT2D eigenvalue weighted by Crippen LogP contribution is -2.04. The van der Waals surface area contributed by atoms with E-state index >= 15 is 0 Å². The number of carboxylic acid groups (broad SMARTS) is 1. The summed E-state index contributed by atoms with van der Waals surface area (Å²) in [6.45, 7) is 0. The summed E-state index contributed by atoms with van der Waals surface area (Å²) >= 11 is 15.6. The summed E-state index contributed by atoms with van der Waals surface area (Å²) in [6.07, 6.45) is 0.736. The van der Waals surface area contributed by atoms with Gasteiger partial charge in [0.2, 0.25) is 3.79 Å². The number of nitriles is 1. The van der Waals surface area contributed by atoms with Gasteiger partial charge in [-0.2, -0.15) is 5.26 Å². The van der Waals surface area contributed by atoms with Crippen LogP contribution in [0, 0.1) is 11.3 Å². The molecule has 6 heteroatoms. The van der Waals surface area contributed by atoms with Gasteiger partial charge in [0.05, 0.1) is 0 Å².